The minimum atomic E-state index is -2.79. The van der Waals surface area contributed by atoms with E-state index in [1.807, 2.05) is 0 Å². The second-order valence-corrected chi connectivity index (χ2v) is 8.44. The number of anilines is 1. The standard InChI is InChI=1S/C21H24F2N6O2/c1-20(2,31)13-28-12-15(18(26-28)27-9-3-7-21(22,23)14-27)5-6-17(30)16-11-25-29-10-4-8-24-19(16)29/h4-6,8,10-12,31H,3,7,9,13-14H2,1-2H3/b6-5-. The fourth-order valence-corrected chi connectivity index (χ4v) is 3.67. The molecule has 1 aliphatic heterocycles. The molecule has 0 amide bonds. The Morgan fingerprint density at radius 2 is 2.19 bits per heavy atom. The van der Waals surface area contributed by atoms with Crippen LogP contribution in [-0.4, -0.2) is 59.9 Å². The molecule has 0 unspecified atom stereocenters. The van der Waals surface area contributed by atoms with Crippen LogP contribution >= 0.6 is 0 Å². The van der Waals surface area contributed by atoms with Gasteiger partial charge in [0.05, 0.1) is 30.5 Å². The van der Waals surface area contributed by atoms with Crippen LogP contribution in [0.1, 0.15) is 42.6 Å². The molecule has 1 fully saturated rings. The van der Waals surface area contributed by atoms with Crippen molar-refractivity contribution >= 4 is 23.3 Å². The van der Waals surface area contributed by atoms with Crippen LogP contribution in [0.4, 0.5) is 14.6 Å². The number of piperidine rings is 1. The lowest BCUT2D eigenvalue weighted by atomic mass is 10.1. The first-order chi connectivity index (χ1) is 14.6. The number of hydrogen-bond donors (Lipinski definition) is 1. The Morgan fingerprint density at radius 1 is 1.39 bits per heavy atom. The maximum atomic E-state index is 14.0. The monoisotopic (exact) mass is 430 g/mol. The second kappa shape index (κ2) is 7.84. The Balaban J connectivity index is 1.65. The summed E-state index contributed by atoms with van der Waals surface area (Å²) in [4.78, 5) is 18.5. The van der Waals surface area contributed by atoms with Gasteiger partial charge in [-0.25, -0.2) is 18.3 Å². The molecule has 4 rings (SSSR count). The highest BCUT2D eigenvalue weighted by Crippen LogP contribution is 2.31. The average Bonchev–Trinajstić information content (AvgIpc) is 3.28. The molecule has 0 atom stereocenters. The molecule has 8 nitrogen and oxygen atoms in total. The van der Waals surface area contributed by atoms with Crippen molar-refractivity contribution in [1.82, 2.24) is 24.4 Å². The summed E-state index contributed by atoms with van der Waals surface area (Å²) in [6.07, 6.45) is 9.48. The molecule has 1 saturated heterocycles. The zero-order valence-corrected chi connectivity index (χ0v) is 17.4. The van der Waals surface area contributed by atoms with Crippen LogP contribution in [0.25, 0.3) is 11.7 Å². The van der Waals surface area contributed by atoms with E-state index in [-0.39, 0.29) is 18.7 Å². The molecule has 0 bridgehead atoms. The molecule has 1 aliphatic rings. The van der Waals surface area contributed by atoms with Crippen molar-refractivity contribution in [3.8, 4) is 0 Å². The maximum absolute atomic E-state index is 14.0. The van der Waals surface area contributed by atoms with Crippen molar-refractivity contribution in [3.05, 3.63) is 48.1 Å². The number of aliphatic hydroxyl groups is 1. The summed E-state index contributed by atoms with van der Waals surface area (Å²) in [6.45, 7) is 3.48. The van der Waals surface area contributed by atoms with Crippen molar-refractivity contribution in [2.75, 3.05) is 18.0 Å². The molecule has 0 spiro atoms. The van der Waals surface area contributed by atoms with Crippen molar-refractivity contribution in [3.63, 3.8) is 0 Å². The van der Waals surface area contributed by atoms with Crippen LogP contribution in [0.15, 0.2) is 36.9 Å². The molecule has 164 valence electrons. The molecule has 31 heavy (non-hydrogen) atoms. The Hall–Kier alpha value is -3.14. The third kappa shape index (κ3) is 4.79. The lowest BCUT2D eigenvalue weighted by Crippen LogP contribution is -2.43. The van der Waals surface area contributed by atoms with Gasteiger partial charge in [0.25, 0.3) is 5.92 Å². The lowest BCUT2D eigenvalue weighted by molar-refractivity contribution is -0.0119. The third-order valence-corrected chi connectivity index (χ3v) is 4.97. The van der Waals surface area contributed by atoms with Crippen LogP contribution in [-0.2, 0) is 6.54 Å². The van der Waals surface area contributed by atoms with Gasteiger partial charge < -0.3 is 10.0 Å². The normalized spacial score (nSPS) is 17.0. The van der Waals surface area contributed by atoms with Gasteiger partial charge in [0.15, 0.2) is 17.2 Å². The molecule has 10 heteroatoms. The zero-order chi connectivity index (χ0) is 22.2. The van der Waals surface area contributed by atoms with E-state index in [2.05, 4.69) is 15.2 Å². The smallest absolute Gasteiger partial charge is 0.265 e. The predicted molar refractivity (Wildman–Crippen MR) is 111 cm³/mol. The first-order valence-corrected chi connectivity index (χ1v) is 10.0. The Kier molecular flexibility index (Phi) is 5.34. The largest absolute Gasteiger partial charge is 0.389 e. The van der Waals surface area contributed by atoms with Gasteiger partial charge in [0.2, 0.25) is 0 Å². The quantitative estimate of drug-likeness (QED) is 0.478. The molecule has 1 N–H and O–H groups in total. The molecule has 0 radical (unpaired) electrons. The third-order valence-electron chi connectivity index (χ3n) is 4.97. The Morgan fingerprint density at radius 3 is 2.94 bits per heavy atom. The SMILES string of the molecule is CC(C)(O)Cn1cc(/C=C\C(=O)c2cnn3cccnc23)c(N2CCCC(F)(F)C2)n1. The number of nitrogens with zero attached hydrogens (tertiary/aromatic N) is 6. The average molecular weight is 430 g/mol. The zero-order valence-electron chi connectivity index (χ0n) is 17.4. The summed E-state index contributed by atoms with van der Waals surface area (Å²) in [7, 11) is 0. The minimum Gasteiger partial charge on any atom is -0.389 e. The fourth-order valence-electron chi connectivity index (χ4n) is 3.67. The highest BCUT2D eigenvalue weighted by Gasteiger charge is 2.36. The summed E-state index contributed by atoms with van der Waals surface area (Å²) in [5.41, 5.74) is 0.270. The first-order valence-electron chi connectivity index (χ1n) is 10.0. The molecular formula is C21H24F2N6O2. The number of ketones is 1. The van der Waals surface area contributed by atoms with Gasteiger partial charge in [-0.05, 0) is 38.5 Å². The topological polar surface area (TPSA) is 88.5 Å². The van der Waals surface area contributed by atoms with Gasteiger partial charge in [0.1, 0.15) is 0 Å². The van der Waals surface area contributed by atoms with Crippen LogP contribution < -0.4 is 4.90 Å². The fraction of sp³-hybridized carbons (Fsp3) is 0.429. The van der Waals surface area contributed by atoms with Gasteiger partial charge >= 0.3 is 0 Å². The van der Waals surface area contributed by atoms with Crippen LogP contribution in [0.5, 0.6) is 0 Å². The second-order valence-electron chi connectivity index (χ2n) is 8.44. The number of fused-ring (bicyclic) bond motifs is 1. The first kappa shape index (κ1) is 21.1. The van der Waals surface area contributed by atoms with Gasteiger partial charge in [0, 0.05) is 37.1 Å². The van der Waals surface area contributed by atoms with Gasteiger partial charge in [-0.15, -0.1) is 0 Å². The molecule has 0 aliphatic carbocycles. The van der Waals surface area contributed by atoms with Gasteiger partial charge in [-0.2, -0.15) is 10.2 Å². The molecule has 0 saturated carbocycles. The number of rotatable bonds is 6. The van der Waals surface area contributed by atoms with Crippen molar-refractivity contribution in [1.29, 1.82) is 0 Å². The number of alkyl halides is 2. The number of carbonyl (C=O) groups excluding carboxylic acids is 1. The van der Waals surface area contributed by atoms with E-state index in [0.717, 1.165) is 0 Å². The van der Waals surface area contributed by atoms with Gasteiger partial charge in [-0.1, -0.05) is 0 Å². The molecule has 4 heterocycles. The number of halogens is 2. The summed E-state index contributed by atoms with van der Waals surface area (Å²) >= 11 is 0. The van der Waals surface area contributed by atoms with E-state index >= 15 is 0 Å². The van der Waals surface area contributed by atoms with Crippen molar-refractivity contribution in [2.24, 2.45) is 0 Å². The van der Waals surface area contributed by atoms with Crippen molar-refractivity contribution in [2.45, 2.75) is 44.8 Å². The summed E-state index contributed by atoms with van der Waals surface area (Å²) in [6, 6.07) is 1.71. The number of carbonyl (C=O) groups is 1. The summed E-state index contributed by atoms with van der Waals surface area (Å²) in [5.74, 6) is -2.73. The van der Waals surface area contributed by atoms with E-state index in [1.54, 1.807) is 44.6 Å². The molecule has 3 aromatic heterocycles. The number of allylic oxidation sites excluding steroid dienone is 1. The minimum absolute atomic E-state index is 0.154. The van der Waals surface area contributed by atoms with E-state index in [0.29, 0.717) is 35.6 Å². The molecule has 3 aromatic rings. The van der Waals surface area contributed by atoms with Crippen LogP contribution in [0.2, 0.25) is 0 Å². The molecule has 0 aromatic carbocycles. The summed E-state index contributed by atoms with van der Waals surface area (Å²) < 4.78 is 31.0. The molecular weight excluding hydrogens is 406 g/mol. The highest BCUT2D eigenvalue weighted by atomic mass is 19.3. The predicted octanol–water partition coefficient (Wildman–Crippen LogP) is 2.83. The van der Waals surface area contributed by atoms with E-state index < -0.39 is 18.1 Å². The number of hydrogen-bond acceptors (Lipinski definition) is 6. The van der Waals surface area contributed by atoms with E-state index in [4.69, 9.17) is 0 Å². The number of aromatic nitrogens is 5. The van der Waals surface area contributed by atoms with E-state index in [1.165, 1.54) is 26.4 Å². The Labute approximate surface area is 177 Å². The highest BCUT2D eigenvalue weighted by molar-refractivity contribution is 6.10. The van der Waals surface area contributed by atoms with Gasteiger partial charge in [-0.3, -0.25) is 9.48 Å². The van der Waals surface area contributed by atoms with Crippen molar-refractivity contribution < 1.29 is 18.7 Å². The lowest BCUT2D eigenvalue weighted by Gasteiger charge is -2.33. The van der Waals surface area contributed by atoms with Crippen LogP contribution in [0.3, 0.4) is 0 Å². The van der Waals surface area contributed by atoms with E-state index in [9.17, 15) is 18.7 Å². The van der Waals surface area contributed by atoms with Crippen LogP contribution in [0, 0.1) is 0 Å². The maximum Gasteiger partial charge on any atom is 0.265 e. The Bertz CT molecular complexity index is 1130. The summed E-state index contributed by atoms with van der Waals surface area (Å²) in [5, 5.41) is 18.7.